The van der Waals surface area contributed by atoms with Crippen molar-refractivity contribution in [3.63, 3.8) is 0 Å². The third-order valence-corrected chi connectivity index (χ3v) is 6.65. The first-order valence-corrected chi connectivity index (χ1v) is 10.4. The molecule has 4 rings (SSSR count). The summed E-state index contributed by atoms with van der Waals surface area (Å²) in [5.41, 5.74) is 0.652. The molecule has 1 aliphatic rings. The molecule has 1 aliphatic heterocycles. The first-order chi connectivity index (χ1) is 13.5. The molecule has 0 bridgehead atoms. The lowest BCUT2D eigenvalue weighted by Gasteiger charge is -2.15. The van der Waals surface area contributed by atoms with Gasteiger partial charge in [-0.25, -0.2) is 17.6 Å². The van der Waals surface area contributed by atoms with E-state index in [0.29, 0.717) is 18.6 Å². The Morgan fingerprint density at radius 1 is 1.11 bits per heavy atom. The second kappa shape index (κ2) is 7.40. The predicted octanol–water partition coefficient (Wildman–Crippen LogP) is 2.60. The van der Waals surface area contributed by atoms with Crippen LogP contribution in [-0.2, 0) is 16.6 Å². The summed E-state index contributed by atoms with van der Waals surface area (Å²) < 4.78 is 52.3. The van der Waals surface area contributed by atoms with Crippen LogP contribution < -0.4 is 10.5 Å². The number of oxazole rings is 1. The van der Waals surface area contributed by atoms with E-state index in [9.17, 15) is 17.6 Å². The molecule has 9 heteroatoms. The molecule has 0 radical (unpaired) electrons. The van der Waals surface area contributed by atoms with Crippen molar-refractivity contribution in [1.82, 2.24) is 8.87 Å². The molecule has 0 spiro atoms. The van der Waals surface area contributed by atoms with Gasteiger partial charge in [0.1, 0.15) is 6.61 Å². The zero-order valence-corrected chi connectivity index (χ0v) is 15.8. The van der Waals surface area contributed by atoms with Crippen LogP contribution in [0.4, 0.5) is 4.39 Å². The molecule has 7 nitrogen and oxygen atoms in total. The standard InChI is InChI=1S/C19H19FN2O5S/c20-15-5-1-2-6-17(15)26-12-11-22-16-8-7-14(13-18(16)27-19(22)23)28(24,25)21-9-3-4-10-21/h1-2,5-8,13H,3-4,9-12H2. The Labute approximate surface area is 161 Å². The number of para-hydroxylation sites is 1. The van der Waals surface area contributed by atoms with Gasteiger partial charge in [-0.1, -0.05) is 12.1 Å². The first kappa shape index (κ1) is 18.7. The van der Waals surface area contributed by atoms with Gasteiger partial charge in [0.05, 0.1) is 17.0 Å². The molecular weight excluding hydrogens is 387 g/mol. The van der Waals surface area contributed by atoms with Crippen LogP contribution in [-0.4, -0.2) is 37.0 Å². The number of halogens is 1. The van der Waals surface area contributed by atoms with Gasteiger partial charge in [-0.2, -0.15) is 4.31 Å². The summed E-state index contributed by atoms with van der Waals surface area (Å²) in [5.74, 6) is -1.01. The number of nitrogens with zero attached hydrogens (tertiary/aromatic N) is 2. The van der Waals surface area contributed by atoms with Crippen molar-refractivity contribution in [2.75, 3.05) is 19.7 Å². The summed E-state index contributed by atoms with van der Waals surface area (Å²) in [4.78, 5) is 12.3. The summed E-state index contributed by atoms with van der Waals surface area (Å²) >= 11 is 0. The lowest BCUT2D eigenvalue weighted by atomic mass is 10.3. The molecule has 28 heavy (non-hydrogen) atoms. The molecule has 0 unspecified atom stereocenters. The maximum absolute atomic E-state index is 13.6. The van der Waals surface area contributed by atoms with Crippen LogP contribution in [0.5, 0.6) is 5.75 Å². The molecule has 0 aliphatic carbocycles. The Balaban J connectivity index is 1.56. The van der Waals surface area contributed by atoms with Crippen LogP contribution in [0.1, 0.15) is 12.8 Å². The molecule has 0 N–H and O–H groups in total. The number of benzene rings is 2. The largest absolute Gasteiger partial charge is 0.489 e. The molecule has 1 aromatic heterocycles. The Bertz CT molecular complexity index is 1160. The SMILES string of the molecule is O=c1oc2cc(S(=O)(=O)N3CCCC3)ccc2n1CCOc1ccccc1F. The Morgan fingerprint density at radius 2 is 1.86 bits per heavy atom. The fraction of sp³-hybridized carbons (Fsp3) is 0.316. The molecule has 2 aromatic carbocycles. The highest BCUT2D eigenvalue weighted by molar-refractivity contribution is 7.89. The Morgan fingerprint density at radius 3 is 2.61 bits per heavy atom. The number of sulfonamides is 1. The van der Waals surface area contributed by atoms with Crippen molar-refractivity contribution in [3.05, 3.63) is 58.8 Å². The third-order valence-electron chi connectivity index (χ3n) is 4.75. The second-order valence-electron chi connectivity index (χ2n) is 6.54. The van der Waals surface area contributed by atoms with Gasteiger partial charge < -0.3 is 9.15 Å². The van der Waals surface area contributed by atoms with Gasteiger partial charge in [0.25, 0.3) is 0 Å². The average molecular weight is 406 g/mol. The first-order valence-electron chi connectivity index (χ1n) is 8.98. The summed E-state index contributed by atoms with van der Waals surface area (Å²) in [7, 11) is -3.60. The normalized spacial score (nSPS) is 15.3. The van der Waals surface area contributed by atoms with Crippen LogP contribution in [0.15, 0.2) is 56.6 Å². The zero-order chi connectivity index (χ0) is 19.7. The summed E-state index contributed by atoms with van der Waals surface area (Å²) in [5, 5.41) is 0. The fourth-order valence-electron chi connectivity index (χ4n) is 3.31. The monoisotopic (exact) mass is 406 g/mol. The lowest BCUT2D eigenvalue weighted by Crippen LogP contribution is -2.27. The van der Waals surface area contributed by atoms with E-state index in [1.165, 1.54) is 33.1 Å². The van der Waals surface area contributed by atoms with E-state index in [0.717, 1.165) is 12.8 Å². The van der Waals surface area contributed by atoms with E-state index in [-0.39, 0.29) is 29.4 Å². The minimum absolute atomic E-state index is 0.0588. The van der Waals surface area contributed by atoms with E-state index < -0.39 is 21.6 Å². The maximum atomic E-state index is 13.6. The van der Waals surface area contributed by atoms with Gasteiger partial charge >= 0.3 is 5.76 Å². The molecular formula is C19H19FN2O5S. The van der Waals surface area contributed by atoms with Crippen LogP contribution in [0.25, 0.3) is 11.1 Å². The van der Waals surface area contributed by atoms with Crippen molar-refractivity contribution < 1.29 is 22.0 Å². The summed E-state index contributed by atoms with van der Waals surface area (Å²) in [6.45, 7) is 1.19. The topological polar surface area (TPSA) is 81.7 Å². The van der Waals surface area contributed by atoms with Gasteiger partial charge in [-0.05, 0) is 37.1 Å². The highest BCUT2D eigenvalue weighted by atomic mass is 32.2. The molecule has 1 fully saturated rings. The van der Waals surface area contributed by atoms with Crippen molar-refractivity contribution in [3.8, 4) is 5.75 Å². The van der Waals surface area contributed by atoms with Crippen LogP contribution >= 0.6 is 0 Å². The molecule has 0 saturated carbocycles. The second-order valence-corrected chi connectivity index (χ2v) is 8.48. The Hall–Kier alpha value is -2.65. The van der Waals surface area contributed by atoms with Crippen molar-refractivity contribution in [1.29, 1.82) is 0 Å². The van der Waals surface area contributed by atoms with Crippen molar-refractivity contribution >= 4 is 21.1 Å². The number of ether oxygens (including phenoxy) is 1. The van der Waals surface area contributed by atoms with Gasteiger partial charge in [-0.3, -0.25) is 4.57 Å². The van der Waals surface area contributed by atoms with Gasteiger partial charge in [0, 0.05) is 19.2 Å². The Kier molecular flexibility index (Phi) is 4.94. The fourth-order valence-corrected chi connectivity index (χ4v) is 4.84. The van der Waals surface area contributed by atoms with E-state index in [4.69, 9.17) is 9.15 Å². The molecule has 2 heterocycles. The van der Waals surface area contributed by atoms with Gasteiger partial charge in [0.2, 0.25) is 10.0 Å². The molecule has 148 valence electrons. The van der Waals surface area contributed by atoms with Gasteiger partial charge in [0.15, 0.2) is 17.1 Å². The van der Waals surface area contributed by atoms with Crippen molar-refractivity contribution in [2.24, 2.45) is 0 Å². The minimum Gasteiger partial charge on any atom is -0.489 e. The van der Waals surface area contributed by atoms with Crippen LogP contribution in [0, 0.1) is 5.82 Å². The smallest absolute Gasteiger partial charge is 0.420 e. The summed E-state index contributed by atoms with van der Waals surface area (Å²) in [6.07, 6.45) is 1.68. The number of fused-ring (bicyclic) bond motifs is 1. The molecule has 0 atom stereocenters. The number of hydrogen-bond acceptors (Lipinski definition) is 5. The quantitative estimate of drug-likeness (QED) is 0.629. The third kappa shape index (κ3) is 3.43. The predicted molar refractivity (Wildman–Crippen MR) is 100 cm³/mol. The minimum atomic E-state index is -3.60. The van der Waals surface area contributed by atoms with Gasteiger partial charge in [-0.15, -0.1) is 0 Å². The lowest BCUT2D eigenvalue weighted by molar-refractivity contribution is 0.281. The number of aromatic nitrogens is 1. The molecule has 0 amide bonds. The van der Waals surface area contributed by atoms with Crippen LogP contribution in [0.3, 0.4) is 0 Å². The number of rotatable bonds is 6. The highest BCUT2D eigenvalue weighted by Gasteiger charge is 2.28. The van der Waals surface area contributed by atoms with E-state index >= 15 is 0 Å². The van der Waals surface area contributed by atoms with Crippen molar-refractivity contribution in [2.45, 2.75) is 24.3 Å². The zero-order valence-electron chi connectivity index (χ0n) is 15.0. The highest BCUT2D eigenvalue weighted by Crippen LogP contribution is 2.24. The molecule has 1 saturated heterocycles. The maximum Gasteiger partial charge on any atom is 0.420 e. The molecule has 3 aromatic rings. The van der Waals surface area contributed by atoms with Crippen LogP contribution in [0.2, 0.25) is 0 Å². The average Bonchev–Trinajstić information content (AvgIpc) is 3.31. The van der Waals surface area contributed by atoms with E-state index in [1.807, 2.05) is 0 Å². The van der Waals surface area contributed by atoms with E-state index in [1.54, 1.807) is 18.2 Å². The summed E-state index contributed by atoms with van der Waals surface area (Å²) in [6, 6.07) is 10.4. The number of hydrogen-bond donors (Lipinski definition) is 0. The van der Waals surface area contributed by atoms with E-state index in [2.05, 4.69) is 0 Å².